The summed E-state index contributed by atoms with van der Waals surface area (Å²) in [5.41, 5.74) is 5.28. The van der Waals surface area contributed by atoms with Gasteiger partial charge in [0.25, 0.3) is 0 Å². The van der Waals surface area contributed by atoms with Crippen LogP contribution in [0.2, 0.25) is 0 Å². The van der Waals surface area contributed by atoms with Gasteiger partial charge in [-0.1, -0.05) is 121 Å². The quantitative estimate of drug-likeness (QED) is 0.158. The van der Waals surface area contributed by atoms with Gasteiger partial charge in [0.1, 0.15) is 0 Å². The van der Waals surface area contributed by atoms with Crippen molar-refractivity contribution in [3.63, 3.8) is 0 Å². The van der Waals surface area contributed by atoms with E-state index in [0.29, 0.717) is 0 Å². The van der Waals surface area contributed by atoms with Gasteiger partial charge >= 0.3 is 0 Å². The summed E-state index contributed by atoms with van der Waals surface area (Å²) in [5.74, 6) is 0. The highest BCUT2D eigenvalue weighted by Gasteiger charge is 2.20. The Kier molecular flexibility index (Phi) is 6.10. The highest BCUT2D eigenvalue weighted by molar-refractivity contribution is 9.10. The normalized spacial score (nSPS) is 12.4. The molecule has 0 N–H and O–H groups in total. The van der Waals surface area contributed by atoms with Gasteiger partial charge in [0, 0.05) is 50.1 Å². The second kappa shape index (κ2) is 10.7. The number of hydrogen-bond donors (Lipinski definition) is 0. The van der Waals surface area contributed by atoms with Crippen LogP contribution in [0.1, 0.15) is 13.8 Å². The Bertz CT molecular complexity index is 3310. The van der Waals surface area contributed by atoms with Crippen molar-refractivity contribution in [3.8, 4) is 0 Å². The molecule has 242 valence electrons. The number of para-hydroxylation sites is 2. The van der Waals surface area contributed by atoms with E-state index in [1.807, 2.05) is 0 Å². The molecule has 0 radical (unpaired) electrons. The summed E-state index contributed by atoms with van der Waals surface area (Å²) in [4.78, 5) is 0. The van der Waals surface area contributed by atoms with Gasteiger partial charge in [-0.25, -0.2) is 0 Å². The van der Waals surface area contributed by atoms with E-state index in [2.05, 4.69) is 178 Å². The van der Waals surface area contributed by atoms with Crippen molar-refractivity contribution in [2.75, 3.05) is 0 Å². The van der Waals surface area contributed by atoms with E-state index in [-0.39, 0.29) is 0 Å². The topological polar surface area (TPSA) is 9.86 Å². The van der Waals surface area contributed by atoms with Crippen LogP contribution in [0.5, 0.6) is 0 Å². The molecule has 51 heavy (non-hydrogen) atoms. The Labute approximate surface area is 302 Å². The second-order valence-corrected chi connectivity index (χ2v) is 14.7. The zero-order valence-electron chi connectivity index (χ0n) is 28.5. The molecule has 0 bridgehead atoms. The molecule has 0 saturated carbocycles. The first kappa shape index (κ1) is 29.1. The van der Waals surface area contributed by atoms with Crippen molar-refractivity contribution in [2.45, 2.75) is 26.9 Å². The third-order valence-corrected chi connectivity index (χ3v) is 12.3. The van der Waals surface area contributed by atoms with Crippen LogP contribution in [0.3, 0.4) is 0 Å². The fraction of sp³-hybridized carbons (Fsp3) is 0.0833. The molecule has 2 nitrogen and oxygen atoms in total. The average Bonchev–Trinajstić information content (AvgIpc) is 3.70. The van der Waals surface area contributed by atoms with E-state index in [4.69, 9.17) is 0 Å². The highest BCUT2D eigenvalue weighted by atomic mass is 79.9. The van der Waals surface area contributed by atoms with Crippen LogP contribution in [0.25, 0.3) is 108 Å². The predicted octanol–water partition coefficient (Wildman–Crippen LogP) is 14.2. The zero-order chi connectivity index (χ0) is 34.0. The number of aryl methyl sites for hydroxylation is 2. The van der Waals surface area contributed by atoms with Crippen molar-refractivity contribution in [1.29, 1.82) is 0 Å². The van der Waals surface area contributed by atoms with Crippen LogP contribution >= 0.6 is 15.9 Å². The molecule has 10 aromatic carbocycles. The summed E-state index contributed by atoms with van der Waals surface area (Å²) >= 11 is 3.98. The first-order valence-corrected chi connectivity index (χ1v) is 18.8. The molecular weight excluding hydrogens is 684 g/mol. The van der Waals surface area contributed by atoms with Crippen LogP contribution in [0.4, 0.5) is 0 Å². The molecule has 2 aromatic heterocycles. The second-order valence-electron chi connectivity index (χ2n) is 13.9. The Morgan fingerprint density at radius 2 is 0.863 bits per heavy atom. The molecule has 0 spiro atoms. The fourth-order valence-corrected chi connectivity index (χ4v) is 10.2. The third kappa shape index (κ3) is 3.82. The van der Waals surface area contributed by atoms with Crippen LogP contribution in [-0.4, -0.2) is 9.13 Å². The number of benzene rings is 10. The predicted molar refractivity (Wildman–Crippen MR) is 225 cm³/mol. The number of nitrogens with zero attached hydrogens (tertiary/aromatic N) is 2. The lowest BCUT2D eigenvalue weighted by molar-refractivity contribution is 0.826. The fourth-order valence-electron chi connectivity index (χ4n) is 9.42. The molecule has 0 aliphatic heterocycles. The summed E-state index contributed by atoms with van der Waals surface area (Å²) in [6.07, 6.45) is 0. The van der Waals surface area contributed by atoms with Gasteiger partial charge in [-0.05, 0) is 113 Å². The van der Waals surface area contributed by atoms with E-state index in [9.17, 15) is 0 Å². The molecule has 12 aromatic rings. The van der Waals surface area contributed by atoms with Crippen LogP contribution in [-0.2, 0) is 13.1 Å². The first-order chi connectivity index (χ1) is 25.2. The summed E-state index contributed by atoms with van der Waals surface area (Å²) < 4.78 is 6.08. The molecule has 0 unspecified atom stereocenters. The summed E-state index contributed by atoms with van der Waals surface area (Å²) in [7, 11) is 0. The molecule has 0 amide bonds. The minimum absolute atomic E-state index is 0.954. The minimum Gasteiger partial charge on any atom is -0.341 e. The smallest absolute Gasteiger partial charge is 0.0648 e. The SMILES string of the molecule is CCn1c2ccccc2c2c3ccc4cccc5ccc(c(Br)c21)c3c54.CCn1c2ccccc2c2c3ccc4cccc5ccc(cc21)c3c54. The summed E-state index contributed by atoms with van der Waals surface area (Å²) in [6, 6.07) is 51.4. The molecule has 0 fully saturated rings. The number of rotatable bonds is 2. The molecule has 3 heteroatoms. The maximum absolute atomic E-state index is 3.98. The van der Waals surface area contributed by atoms with Gasteiger partial charge in [0.2, 0.25) is 0 Å². The van der Waals surface area contributed by atoms with E-state index in [1.165, 1.54) is 113 Å². The van der Waals surface area contributed by atoms with Crippen molar-refractivity contribution >= 4 is 124 Å². The van der Waals surface area contributed by atoms with E-state index >= 15 is 0 Å². The maximum Gasteiger partial charge on any atom is 0.0648 e. The first-order valence-electron chi connectivity index (χ1n) is 18.0. The molecule has 12 rings (SSSR count). The standard InChI is InChI=1S/C24H16BrN.C24H17N/c1-2-26-19-9-4-3-8-16(19)22-17-12-10-14-6-5-7-15-11-13-18(21(17)20(14)15)23(25)24(22)26;1-2-25-20-9-4-3-8-18(20)24-19-13-12-16-7-5-6-15-10-11-17(14-21(24)25)23(19)22(15)16/h3-13H,2H2,1H3;3-14H,2H2,1H3. The lowest BCUT2D eigenvalue weighted by Gasteiger charge is -2.14. The Balaban J connectivity index is 0.000000122. The molecular formula is C48H33BrN2. The van der Waals surface area contributed by atoms with Crippen LogP contribution in [0, 0.1) is 0 Å². The van der Waals surface area contributed by atoms with Crippen molar-refractivity contribution < 1.29 is 0 Å². The van der Waals surface area contributed by atoms with Gasteiger partial charge in [-0.3, -0.25) is 0 Å². The number of hydrogen-bond acceptors (Lipinski definition) is 0. The molecule has 0 saturated heterocycles. The molecule has 0 atom stereocenters. The van der Waals surface area contributed by atoms with Crippen molar-refractivity contribution in [3.05, 3.63) is 144 Å². The maximum atomic E-state index is 3.98. The highest BCUT2D eigenvalue weighted by Crippen LogP contribution is 2.46. The molecule has 2 heterocycles. The molecule has 0 aliphatic rings. The van der Waals surface area contributed by atoms with E-state index in [1.54, 1.807) is 0 Å². The van der Waals surface area contributed by atoms with Gasteiger partial charge in [-0.2, -0.15) is 0 Å². The van der Waals surface area contributed by atoms with Crippen LogP contribution < -0.4 is 0 Å². The zero-order valence-corrected chi connectivity index (χ0v) is 30.1. The Hall–Kier alpha value is -5.64. The molecule has 0 aliphatic carbocycles. The number of halogens is 1. The monoisotopic (exact) mass is 716 g/mol. The van der Waals surface area contributed by atoms with Crippen LogP contribution in [0.15, 0.2) is 144 Å². The summed E-state index contributed by atoms with van der Waals surface area (Å²) in [6.45, 7) is 6.39. The summed E-state index contributed by atoms with van der Waals surface area (Å²) in [5, 5.41) is 21.6. The number of aromatic nitrogens is 2. The lowest BCUT2D eigenvalue weighted by atomic mass is 9.92. The van der Waals surface area contributed by atoms with E-state index in [0.717, 1.165) is 13.1 Å². The number of fused-ring (bicyclic) bond motifs is 8. The Morgan fingerprint density at radius 3 is 1.49 bits per heavy atom. The van der Waals surface area contributed by atoms with Gasteiger partial charge in [0.15, 0.2) is 0 Å². The van der Waals surface area contributed by atoms with Gasteiger partial charge in [-0.15, -0.1) is 0 Å². The van der Waals surface area contributed by atoms with Gasteiger partial charge in [0.05, 0.1) is 11.0 Å². The lowest BCUT2D eigenvalue weighted by Crippen LogP contribution is -1.94. The Morgan fingerprint density at radius 1 is 0.373 bits per heavy atom. The van der Waals surface area contributed by atoms with Crippen molar-refractivity contribution in [1.82, 2.24) is 9.13 Å². The average molecular weight is 718 g/mol. The largest absolute Gasteiger partial charge is 0.341 e. The minimum atomic E-state index is 0.954. The third-order valence-electron chi connectivity index (χ3n) is 11.5. The van der Waals surface area contributed by atoms with E-state index < -0.39 is 0 Å². The van der Waals surface area contributed by atoms with Crippen molar-refractivity contribution in [2.24, 2.45) is 0 Å². The van der Waals surface area contributed by atoms with Gasteiger partial charge < -0.3 is 9.13 Å².